The first-order valence-electron chi connectivity index (χ1n) is 7.82. The van der Waals surface area contributed by atoms with Gasteiger partial charge in [0.2, 0.25) is 0 Å². The summed E-state index contributed by atoms with van der Waals surface area (Å²) in [6, 6.07) is 9.91. The van der Waals surface area contributed by atoms with Crippen LogP contribution in [-0.2, 0) is 6.54 Å². The van der Waals surface area contributed by atoms with Gasteiger partial charge in [-0.05, 0) is 37.6 Å². The van der Waals surface area contributed by atoms with Gasteiger partial charge >= 0.3 is 0 Å². The molecule has 0 radical (unpaired) electrons. The van der Waals surface area contributed by atoms with Crippen molar-refractivity contribution in [3.63, 3.8) is 0 Å². The molecule has 0 aliphatic rings. The third kappa shape index (κ3) is 3.31. The highest BCUT2D eigenvalue weighted by Gasteiger charge is 2.08. The Bertz CT molecular complexity index is 735. The van der Waals surface area contributed by atoms with Crippen molar-refractivity contribution in [2.75, 3.05) is 6.54 Å². The number of aromatic nitrogens is 4. The lowest BCUT2D eigenvalue weighted by Gasteiger charge is -2.07. The molecule has 0 atom stereocenters. The summed E-state index contributed by atoms with van der Waals surface area (Å²) in [6.45, 7) is 1.68. The Morgan fingerprint density at radius 1 is 0.955 bits per heavy atom. The molecule has 5 nitrogen and oxygen atoms in total. The first-order valence-corrected chi connectivity index (χ1v) is 7.82. The normalized spacial score (nSPS) is 11.1. The number of aryl methyl sites for hydroxylation is 1. The molecular weight excluding hydrogens is 274 g/mol. The van der Waals surface area contributed by atoms with Crippen LogP contribution in [0.2, 0.25) is 0 Å². The van der Waals surface area contributed by atoms with Crippen molar-refractivity contribution in [2.24, 2.45) is 5.73 Å². The van der Waals surface area contributed by atoms with Crippen LogP contribution in [0.1, 0.15) is 25.7 Å². The molecule has 0 saturated carbocycles. The average molecular weight is 295 g/mol. The van der Waals surface area contributed by atoms with Gasteiger partial charge in [0.15, 0.2) is 0 Å². The maximum atomic E-state index is 5.52. The molecule has 0 saturated heterocycles. The summed E-state index contributed by atoms with van der Waals surface area (Å²) in [5.74, 6) is 0. The third-order valence-corrected chi connectivity index (χ3v) is 3.75. The van der Waals surface area contributed by atoms with Gasteiger partial charge < -0.3 is 5.73 Å². The Kier molecular flexibility index (Phi) is 4.75. The third-order valence-electron chi connectivity index (χ3n) is 3.75. The molecule has 2 aromatic heterocycles. The second kappa shape index (κ2) is 7.13. The van der Waals surface area contributed by atoms with Gasteiger partial charge in [0.25, 0.3) is 0 Å². The number of nitrogens with zero attached hydrogens (tertiary/aromatic N) is 4. The van der Waals surface area contributed by atoms with E-state index in [1.807, 2.05) is 47.4 Å². The Hall–Kier alpha value is -2.27. The molecule has 3 rings (SSSR count). The van der Waals surface area contributed by atoms with Crippen LogP contribution in [0.15, 0.2) is 42.7 Å². The van der Waals surface area contributed by atoms with E-state index in [0.29, 0.717) is 0 Å². The van der Waals surface area contributed by atoms with E-state index < -0.39 is 0 Å². The van der Waals surface area contributed by atoms with Crippen molar-refractivity contribution in [3.8, 4) is 11.4 Å². The van der Waals surface area contributed by atoms with Crippen LogP contribution >= 0.6 is 0 Å². The topological polar surface area (TPSA) is 69.6 Å². The molecule has 0 aliphatic heterocycles. The Morgan fingerprint density at radius 2 is 1.77 bits per heavy atom. The lowest BCUT2D eigenvalue weighted by Crippen LogP contribution is -2.04. The molecular formula is C17H21N5. The number of hydrogen-bond donors (Lipinski definition) is 1. The number of unbranched alkanes of at least 4 members (excludes halogenated alkanes) is 3. The lowest BCUT2D eigenvalue weighted by atomic mass is 10.2. The molecule has 0 unspecified atom stereocenters. The summed E-state index contributed by atoms with van der Waals surface area (Å²) >= 11 is 0. The molecule has 114 valence electrons. The van der Waals surface area contributed by atoms with E-state index >= 15 is 0 Å². The summed E-state index contributed by atoms with van der Waals surface area (Å²) in [6.07, 6.45) is 8.22. The van der Waals surface area contributed by atoms with Gasteiger partial charge in [0.05, 0.1) is 22.9 Å². The predicted octanol–water partition coefficient (Wildman–Crippen LogP) is 3.01. The molecule has 5 heteroatoms. The fourth-order valence-electron chi connectivity index (χ4n) is 2.57. The van der Waals surface area contributed by atoms with Crippen molar-refractivity contribution in [2.45, 2.75) is 32.2 Å². The Labute approximate surface area is 130 Å². The minimum absolute atomic E-state index is 0.777. The zero-order valence-corrected chi connectivity index (χ0v) is 12.7. The number of rotatable bonds is 7. The van der Waals surface area contributed by atoms with Crippen LogP contribution in [0, 0.1) is 0 Å². The van der Waals surface area contributed by atoms with Gasteiger partial charge in [0, 0.05) is 12.7 Å². The maximum absolute atomic E-state index is 5.52. The standard InChI is InChI=1S/C17H21N5/c18-10-5-1-2-6-12-22-17(9-11-20-22)16-13-19-14-7-3-4-8-15(14)21-16/h3-4,7-9,11,13H,1-2,5-6,10,12,18H2. The summed E-state index contributed by atoms with van der Waals surface area (Å²) in [4.78, 5) is 9.18. The highest BCUT2D eigenvalue weighted by molar-refractivity contribution is 5.76. The highest BCUT2D eigenvalue weighted by atomic mass is 15.3. The van der Waals surface area contributed by atoms with Crippen LogP contribution < -0.4 is 5.73 Å². The number of benzene rings is 1. The van der Waals surface area contributed by atoms with Crippen molar-refractivity contribution in [1.82, 2.24) is 19.7 Å². The average Bonchev–Trinajstić information content (AvgIpc) is 3.03. The van der Waals surface area contributed by atoms with Crippen LogP contribution in [0.4, 0.5) is 0 Å². The molecule has 0 aliphatic carbocycles. The van der Waals surface area contributed by atoms with Gasteiger partial charge in [0.1, 0.15) is 5.69 Å². The molecule has 0 bridgehead atoms. The second-order valence-electron chi connectivity index (χ2n) is 5.39. The van der Waals surface area contributed by atoms with Gasteiger partial charge in [-0.3, -0.25) is 9.67 Å². The number of nitrogens with two attached hydrogens (primary N) is 1. The number of fused-ring (bicyclic) bond motifs is 1. The lowest BCUT2D eigenvalue weighted by molar-refractivity contribution is 0.540. The van der Waals surface area contributed by atoms with Crippen molar-refractivity contribution >= 4 is 11.0 Å². The van der Waals surface area contributed by atoms with Crippen molar-refractivity contribution in [3.05, 3.63) is 42.7 Å². The second-order valence-corrected chi connectivity index (χ2v) is 5.39. The van der Waals surface area contributed by atoms with E-state index in [1.54, 1.807) is 0 Å². The number of para-hydroxylation sites is 2. The smallest absolute Gasteiger partial charge is 0.107 e. The SMILES string of the molecule is NCCCCCCn1nccc1-c1cnc2ccccc2n1. The van der Waals surface area contributed by atoms with E-state index in [2.05, 4.69) is 10.1 Å². The van der Waals surface area contributed by atoms with Crippen LogP contribution in [0.3, 0.4) is 0 Å². The molecule has 0 amide bonds. The monoisotopic (exact) mass is 295 g/mol. The van der Waals surface area contributed by atoms with Gasteiger partial charge in [-0.25, -0.2) is 4.98 Å². The Balaban J connectivity index is 1.75. The van der Waals surface area contributed by atoms with E-state index in [0.717, 1.165) is 48.4 Å². The zero-order valence-electron chi connectivity index (χ0n) is 12.7. The van der Waals surface area contributed by atoms with E-state index in [-0.39, 0.29) is 0 Å². The first kappa shape index (κ1) is 14.7. The summed E-state index contributed by atoms with van der Waals surface area (Å²) in [7, 11) is 0. The molecule has 1 aromatic carbocycles. The molecule has 0 fully saturated rings. The first-order chi connectivity index (χ1) is 10.9. The largest absolute Gasteiger partial charge is 0.330 e. The van der Waals surface area contributed by atoms with Crippen LogP contribution in [0.5, 0.6) is 0 Å². The minimum Gasteiger partial charge on any atom is -0.330 e. The summed E-state index contributed by atoms with van der Waals surface area (Å²) in [5, 5.41) is 4.41. The van der Waals surface area contributed by atoms with Crippen LogP contribution in [0.25, 0.3) is 22.4 Å². The summed E-state index contributed by atoms with van der Waals surface area (Å²) in [5.41, 5.74) is 9.24. The quantitative estimate of drug-likeness (QED) is 0.680. The van der Waals surface area contributed by atoms with Crippen molar-refractivity contribution < 1.29 is 0 Å². The van der Waals surface area contributed by atoms with E-state index in [4.69, 9.17) is 10.7 Å². The molecule has 2 heterocycles. The maximum Gasteiger partial charge on any atom is 0.107 e. The fourth-order valence-corrected chi connectivity index (χ4v) is 2.57. The van der Waals surface area contributed by atoms with Gasteiger partial charge in [-0.1, -0.05) is 25.0 Å². The Morgan fingerprint density at radius 3 is 2.64 bits per heavy atom. The van der Waals surface area contributed by atoms with Gasteiger partial charge in [-0.15, -0.1) is 0 Å². The van der Waals surface area contributed by atoms with Crippen molar-refractivity contribution in [1.29, 1.82) is 0 Å². The molecule has 2 N–H and O–H groups in total. The van der Waals surface area contributed by atoms with E-state index in [9.17, 15) is 0 Å². The van der Waals surface area contributed by atoms with Crippen LogP contribution in [-0.4, -0.2) is 26.3 Å². The molecule has 22 heavy (non-hydrogen) atoms. The molecule has 3 aromatic rings. The highest BCUT2D eigenvalue weighted by Crippen LogP contribution is 2.19. The zero-order chi connectivity index (χ0) is 15.2. The fraction of sp³-hybridized carbons (Fsp3) is 0.353. The van der Waals surface area contributed by atoms with Gasteiger partial charge in [-0.2, -0.15) is 5.10 Å². The summed E-state index contributed by atoms with van der Waals surface area (Å²) < 4.78 is 2.02. The molecule has 0 spiro atoms. The number of hydrogen-bond acceptors (Lipinski definition) is 4. The predicted molar refractivity (Wildman–Crippen MR) is 88.3 cm³/mol. The minimum atomic E-state index is 0.777. The van der Waals surface area contributed by atoms with E-state index in [1.165, 1.54) is 12.8 Å².